The van der Waals surface area contributed by atoms with Crippen molar-refractivity contribution in [3.05, 3.63) is 23.5 Å². The van der Waals surface area contributed by atoms with Gasteiger partial charge in [0.25, 0.3) is 0 Å². The van der Waals surface area contributed by atoms with Crippen LogP contribution in [0.25, 0.3) is 0 Å². The van der Waals surface area contributed by atoms with Crippen LogP contribution in [0.5, 0.6) is 0 Å². The van der Waals surface area contributed by atoms with Crippen molar-refractivity contribution in [2.24, 2.45) is 5.92 Å². The average Bonchev–Trinajstić information content (AvgIpc) is 2.70. The third kappa shape index (κ3) is 2.41. The van der Waals surface area contributed by atoms with E-state index in [4.69, 9.17) is 4.65 Å². The molecular weight excluding hydrogens is 232 g/mol. The number of carbonyl (C=O) groups is 1. The van der Waals surface area contributed by atoms with Gasteiger partial charge in [-0.1, -0.05) is 20.7 Å². The van der Waals surface area contributed by atoms with Crippen LogP contribution in [0.15, 0.2) is 12.1 Å². The lowest BCUT2D eigenvalue weighted by atomic mass is 9.64. The zero-order valence-corrected chi connectivity index (χ0v) is 10.9. The van der Waals surface area contributed by atoms with Crippen LogP contribution < -0.4 is 10.8 Å². The first kappa shape index (κ1) is 13.1. The van der Waals surface area contributed by atoms with Gasteiger partial charge in [0.15, 0.2) is 0 Å². The summed E-state index contributed by atoms with van der Waals surface area (Å²) in [6.45, 7) is 6.07. The summed E-state index contributed by atoms with van der Waals surface area (Å²) in [5.74, 6) is -0.669. The Kier molecular flexibility index (Phi) is 3.71. The molecule has 5 heteroatoms. The zero-order chi connectivity index (χ0) is 13.3. The van der Waals surface area contributed by atoms with Gasteiger partial charge in [-0.15, -0.1) is 0 Å². The van der Waals surface area contributed by atoms with Crippen LogP contribution in [0.4, 0.5) is 10.1 Å². The van der Waals surface area contributed by atoms with Crippen molar-refractivity contribution in [1.29, 1.82) is 0 Å². The number of carbonyl (C=O) groups excluding carboxylic acids is 1. The largest absolute Gasteiger partial charge is 0.427 e. The zero-order valence-electron chi connectivity index (χ0n) is 10.9. The maximum absolute atomic E-state index is 13.8. The lowest BCUT2D eigenvalue weighted by molar-refractivity contribution is -0.119. The molecule has 2 rings (SSSR count). The van der Waals surface area contributed by atoms with E-state index in [1.807, 2.05) is 20.7 Å². The van der Waals surface area contributed by atoms with Crippen LogP contribution in [-0.2, 0) is 16.1 Å². The highest BCUT2D eigenvalue weighted by Crippen LogP contribution is 2.20. The number of amides is 1. The van der Waals surface area contributed by atoms with Crippen molar-refractivity contribution in [2.75, 3.05) is 5.32 Å². The molecule has 0 aromatic heterocycles. The number of fused-ring (bicyclic) bond motifs is 1. The number of hydrogen-bond donors (Lipinski definition) is 1. The van der Waals surface area contributed by atoms with E-state index >= 15 is 0 Å². The molecule has 1 aliphatic rings. The van der Waals surface area contributed by atoms with E-state index in [1.165, 1.54) is 6.07 Å². The number of rotatable bonds is 3. The minimum atomic E-state index is -0.400. The molecule has 18 heavy (non-hydrogen) atoms. The molecule has 1 aromatic carbocycles. The molecule has 1 unspecified atom stereocenters. The van der Waals surface area contributed by atoms with Crippen LogP contribution in [0.3, 0.4) is 0 Å². The summed E-state index contributed by atoms with van der Waals surface area (Å²) in [5.41, 5.74) is 2.06. The normalized spacial score (nSPS) is 15.4. The number of hydrogen-bond acceptors (Lipinski definition) is 2. The number of nitrogens with one attached hydrogen (secondary N) is 1. The summed E-state index contributed by atoms with van der Waals surface area (Å²) in [6, 6.07) is 3.13. The van der Waals surface area contributed by atoms with Crippen LogP contribution >= 0.6 is 0 Å². The van der Waals surface area contributed by atoms with Gasteiger partial charge in [0.2, 0.25) is 5.91 Å². The smallest absolute Gasteiger partial charge is 0.324 e. The van der Waals surface area contributed by atoms with Gasteiger partial charge in [0.05, 0.1) is 12.3 Å². The Morgan fingerprint density at radius 2 is 2.33 bits per heavy atom. The Morgan fingerprint density at radius 3 is 3.00 bits per heavy atom. The predicted molar refractivity (Wildman–Crippen MR) is 70.5 cm³/mol. The number of benzene rings is 1. The molecule has 3 nitrogen and oxygen atoms in total. The van der Waals surface area contributed by atoms with Gasteiger partial charge in [-0.2, -0.15) is 0 Å². The van der Waals surface area contributed by atoms with E-state index in [9.17, 15) is 9.18 Å². The summed E-state index contributed by atoms with van der Waals surface area (Å²) in [6.07, 6.45) is 0.734. The summed E-state index contributed by atoms with van der Waals surface area (Å²) >= 11 is 0. The van der Waals surface area contributed by atoms with E-state index in [1.54, 1.807) is 6.07 Å². The summed E-state index contributed by atoms with van der Waals surface area (Å²) in [4.78, 5) is 11.8. The lowest BCUT2D eigenvalue weighted by Gasteiger charge is -2.12. The average molecular weight is 249 g/mol. The van der Waals surface area contributed by atoms with Gasteiger partial charge >= 0.3 is 6.92 Å². The molecule has 0 fully saturated rings. The van der Waals surface area contributed by atoms with E-state index in [0.717, 1.165) is 17.4 Å². The van der Waals surface area contributed by atoms with Crippen LogP contribution in [0, 0.1) is 11.7 Å². The highest BCUT2D eigenvalue weighted by molar-refractivity contribution is 6.67. The first-order valence-corrected chi connectivity index (χ1v) is 6.27. The van der Waals surface area contributed by atoms with Crippen molar-refractivity contribution in [1.82, 2.24) is 0 Å². The summed E-state index contributed by atoms with van der Waals surface area (Å²) < 4.78 is 19.3. The highest BCUT2D eigenvalue weighted by Gasteiger charge is 2.25. The Morgan fingerprint density at radius 1 is 1.61 bits per heavy atom. The van der Waals surface area contributed by atoms with Crippen molar-refractivity contribution in [3.63, 3.8) is 0 Å². The molecule has 0 bridgehead atoms. The molecule has 1 N–H and O–H groups in total. The standard InChI is InChI=1S/C13H17BFNO2/c1-4-8(2)13(17)16-12-6-10-9(5-11(12)15)7-18-14(10)3/h5-6,8H,4,7H2,1-3H3,(H,16,17). The Labute approximate surface area is 107 Å². The molecule has 0 aliphatic carbocycles. The second kappa shape index (κ2) is 5.10. The van der Waals surface area contributed by atoms with Crippen LogP contribution in [0.2, 0.25) is 6.82 Å². The monoisotopic (exact) mass is 249 g/mol. The molecule has 1 aliphatic heterocycles. The van der Waals surface area contributed by atoms with Gasteiger partial charge < -0.3 is 9.97 Å². The van der Waals surface area contributed by atoms with Crippen molar-refractivity contribution >= 4 is 24.0 Å². The first-order valence-electron chi connectivity index (χ1n) is 6.27. The molecule has 0 spiro atoms. The fraction of sp³-hybridized carbons (Fsp3) is 0.462. The summed E-state index contributed by atoms with van der Waals surface area (Å²) in [5, 5.41) is 2.64. The summed E-state index contributed by atoms with van der Waals surface area (Å²) in [7, 11) is 0. The topological polar surface area (TPSA) is 38.3 Å². The van der Waals surface area contributed by atoms with E-state index in [2.05, 4.69) is 5.32 Å². The third-order valence-electron chi connectivity index (χ3n) is 3.47. The fourth-order valence-electron chi connectivity index (χ4n) is 1.98. The molecule has 0 saturated carbocycles. The minimum absolute atomic E-state index is 0.0418. The van der Waals surface area contributed by atoms with Gasteiger partial charge in [-0.3, -0.25) is 4.79 Å². The molecule has 1 atom stereocenters. The quantitative estimate of drug-likeness (QED) is 0.833. The van der Waals surface area contributed by atoms with Crippen LogP contribution in [0.1, 0.15) is 25.8 Å². The van der Waals surface area contributed by atoms with Crippen molar-refractivity contribution < 1.29 is 13.8 Å². The van der Waals surface area contributed by atoms with Gasteiger partial charge in [0.1, 0.15) is 5.82 Å². The van der Waals surface area contributed by atoms with Gasteiger partial charge in [-0.05, 0) is 29.6 Å². The number of halogens is 1. The highest BCUT2D eigenvalue weighted by atomic mass is 19.1. The molecule has 1 heterocycles. The van der Waals surface area contributed by atoms with Gasteiger partial charge in [0, 0.05) is 5.92 Å². The Hall–Kier alpha value is -1.36. The molecule has 1 aromatic rings. The van der Waals surface area contributed by atoms with E-state index in [-0.39, 0.29) is 24.4 Å². The second-order valence-electron chi connectivity index (χ2n) is 4.78. The first-order chi connectivity index (χ1) is 8.52. The Balaban J connectivity index is 2.24. The van der Waals surface area contributed by atoms with Crippen LogP contribution in [-0.4, -0.2) is 12.8 Å². The Bertz CT molecular complexity index is 478. The van der Waals surface area contributed by atoms with E-state index < -0.39 is 5.82 Å². The lowest BCUT2D eigenvalue weighted by Crippen LogP contribution is -2.26. The molecule has 0 saturated heterocycles. The van der Waals surface area contributed by atoms with Crippen molar-refractivity contribution in [3.8, 4) is 0 Å². The predicted octanol–water partition coefficient (Wildman–Crippen LogP) is 2.17. The molecular formula is C13H17BFNO2. The van der Waals surface area contributed by atoms with Gasteiger partial charge in [-0.25, -0.2) is 4.39 Å². The molecule has 1 amide bonds. The van der Waals surface area contributed by atoms with E-state index in [0.29, 0.717) is 6.61 Å². The van der Waals surface area contributed by atoms with Crippen molar-refractivity contribution in [2.45, 2.75) is 33.7 Å². The third-order valence-corrected chi connectivity index (χ3v) is 3.47. The molecule has 96 valence electrons. The SMILES string of the molecule is CCC(C)C(=O)Nc1cc2c(cc1F)COB2C. The minimum Gasteiger partial charge on any atom is -0.427 e. The second-order valence-corrected chi connectivity index (χ2v) is 4.78. The number of anilines is 1. The maximum Gasteiger partial charge on any atom is 0.324 e. The fourth-order valence-corrected chi connectivity index (χ4v) is 1.98. The maximum atomic E-state index is 13.8. The molecule has 0 radical (unpaired) electrons.